The van der Waals surface area contributed by atoms with Gasteiger partial charge in [-0.15, -0.1) is 0 Å². The summed E-state index contributed by atoms with van der Waals surface area (Å²) in [4.78, 5) is 20.6. The first-order valence-corrected chi connectivity index (χ1v) is 9.94. The maximum Gasteiger partial charge on any atom is 0.274 e. The summed E-state index contributed by atoms with van der Waals surface area (Å²) in [5.74, 6) is 2.76. The lowest BCUT2D eigenvalue weighted by Gasteiger charge is -2.37. The Hall–Kier alpha value is -2.94. The average Bonchev–Trinajstić information content (AvgIpc) is 2.61. The zero-order valence-corrected chi connectivity index (χ0v) is 15.8. The molecule has 0 spiro atoms. The fourth-order valence-electron chi connectivity index (χ4n) is 2.91. The number of carbonyl (C=O) groups is 1. The highest BCUT2D eigenvalue weighted by Crippen LogP contribution is 2.34. The van der Waals surface area contributed by atoms with Crippen molar-refractivity contribution in [1.29, 1.82) is 0 Å². The summed E-state index contributed by atoms with van der Waals surface area (Å²) in [7, 11) is -1.21. The summed E-state index contributed by atoms with van der Waals surface area (Å²) in [6, 6.07) is 9.09. The van der Waals surface area contributed by atoms with Gasteiger partial charge in [0.05, 0.1) is 15.5 Å². The minimum Gasteiger partial charge on any atom is -0.369 e. The predicted molar refractivity (Wildman–Crippen MR) is 105 cm³/mol. The molecule has 9 heteroatoms. The number of rotatable bonds is 3. The SMILES string of the molecule is C=S1(=O)C[C@@](C)(c2cc(NC(=O)c3ccccn3)ccc2F)N=C(N)N1C. The van der Waals surface area contributed by atoms with E-state index in [-0.39, 0.29) is 23.0 Å². The second-order valence-corrected chi connectivity index (χ2v) is 8.90. The number of anilines is 1. The first kappa shape index (κ1) is 18.8. The van der Waals surface area contributed by atoms with Crippen molar-refractivity contribution in [3.63, 3.8) is 0 Å². The van der Waals surface area contributed by atoms with E-state index in [0.29, 0.717) is 5.69 Å². The van der Waals surface area contributed by atoms with Gasteiger partial charge in [-0.1, -0.05) is 6.07 Å². The Morgan fingerprint density at radius 1 is 1.41 bits per heavy atom. The predicted octanol–water partition coefficient (Wildman–Crippen LogP) is 1.58. The molecule has 0 saturated heterocycles. The highest BCUT2D eigenvalue weighted by molar-refractivity contribution is 7.98. The van der Waals surface area contributed by atoms with Crippen molar-refractivity contribution in [2.45, 2.75) is 12.5 Å². The summed E-state index contributed by atoms with van der Waals surface area (Å²) in [6.07, 6.45) is 1.51. The van der Waals surface area contributed by atoms with Gasteiger partial charge in [-0.3, -0.25) is 14.1 Å². The van der Waals surface area contributed by atoms with Crippen LogP contribution in [0.1, 0.15) is 23.0 Å². The Labute approximate surface area is 157 Å². The highest BCUT2D eigenvalue weighted by atomic mass is 32.2. The molecule has 0 bridgehead atoms. The third kappa shape index (κ3) is 3.63. The largest absolute Gasteiger partial charge is 0.369 e. The van der Waals surface area contributed by atoms with Gasteiger partial charge >= 0.3 is 0 Å². The van der Waals surface area contributed by atoms with Crippen molar-refractivity contribution in [2.24, 2.45) is 10.7 Å². The molecule has 0 saturated carbocycles. The van der Waals surface area contributed by atoms with Gasteiger partial charge in [0, 0.05) is 24.5 Å². The lowest BCUT2D eigenvalue weighted by molar-refractivity contribution is 0.102. The number of nitrogens with two attached hydrogens (primary N) is 1. The molecule has 1 aromatic heterocycles. The summed E-state index contributed by atoms with van der Waals surface area (Å²) >= 11 is 0. The quantitative estimate of drug-likeness (QED) is 0.779. The van der Waals surface area contributed by atoms with E-state index in [9.17, 15) is 13.4 Å². The Morgan fingerprint density at radius 2 is 2.15 bits per heavy atom. The zero-order valence-electron chi connectivity index (χ0n) is 15.0. The number of nitrogens with zero attached hydrogens (tertiary/aromatic N) is 3. The van der Waals surface area contributed by atoms with Crippen LogP contribution < -0.4 is 11.1 Å². The van der Waals surface area contributed by atoms with Gasteiger partial charge in [-0.2, -0.15) is 0 Å². The highest BCUT2D eigenvalue weighted by Gasteiger charge is 2.38. The normalized spacial score (nSPS) is 25.0. The van der Waals surface area contributed by atoms with Gasteiger partial charge in [0.25, 0.3) is 5.91 Å². The molecule has 1 aliphatic heterocycles. The van der Waals surface area contributed by atoms with Crippen LogP contribution in [0.5, 0.6) is 0 Å². The Kier molecular flexibility index (Phi) is 4.64. The third-order valence-corrected chi connectivity index (χ3v) is 6.59. The van der Waals surface area contributed by atoms with Crippen molar-refractivity contribution < 1.29 is 13.4 Å². The van der Waals surface area contributed by atoms with Crippen molar-refractivity contribution in [3.05, 3.63) is 59.7 Å². The zero-order chi connectivity index (χ0) is 19.8. The van der Waals surface area contributed by atoms with Gasteiger partial charge in [-0.25, -0.2) is 13.6 Å². The van der Waals surface area contributed by atoms with Crippen LogP contribution >= 0.6 is 0 Å². The second-order valence-electron chi connectivity index (χ2n) is 6.52. The smallest absolute Gasteiger partial charge is 0.274 e. The molecule has 0 aliphatic carbocycles. The lowest BCUT2D eigenvalue weighted by Crippen LogP contribution is -2.50. The Bertz CT molecular complexity index is 1020. The summed E-state index contributed by atoms with van der Waals surface area (Å²) in [6.45, 7) is 1.64. The number of hydrogen-bond donors (Lipinski definition) is 2. The number of hydrogen-bond acceptors (Lipinski definition) is 5. The fraction of sp³-hybridized carbons (Fsp3) is 0.222. The molecule has 1 amide bonds. The van der Waals surface area contributed by atoms with E-state index in [1.807, 2.05) is 0 Å². The minimum absolute atomic E-state index is 0.00817. The maximum atomic E-state index is 14.6. The third-order valence-electron chi connectivity index (χ3n) is 4.39. The first-order valence-electron chi connectivity index (χ1n) is 8.09. The van der Waals surface area contributed by atoms with Gasteiger partial charge in [0.2, 0.25) is 5.96 Å². The van der Waals surface area contributed by atoms with Crippen LogP contribution in [0.25, 0.3) is 0 Å². The number of pyridine rings is 1. The van der Waals surface area contributed by atoms with Crippen LogP contribution in [0.2, 0.25) is 0 Å². The van der Waals surface area contributed by atoms with E-state index >= 15 is 0 Å². The topological polar surface area (TPSA) is 101 Å². The van der Waals surface area contributed by atoms with Crippen LogP contribution in [0.15, 0.2) is 47.6 Å². The van der Waals surface area contributed by atoms with E-state index in [2.05, 4.69) is 21.2 Å². The summed E-state index contributed by atoms with van der Waals surface area (Å²) in [5.41, 5.74) is 5.47. The summed E-state index contributed by atoms with van der Waals surface area (Å²) in [5, 5.41) is 2.68. The van der Waals surface area contributed by atoms with E-state index in [1.54, 1.807) is 25.1 Å². The Balaban J connectivity index is 1.98. The van der Waals surface area contributed by atoms with Crippen molar-refractivity contribution in [2.75, 3.05) is 18.1 Å². The molecule has 3 rings (SSSR count). The summed E-state index contributed by atoms with van der Waals surface area (Å²) < 4.78 is 28.6. The molecular weight excluding hydrogens is 369 g/mol. The number of carbonyl (C=O) groups excluding carboxylic acids is 1. The molecular formula is C18H20FN5O2S. The number of halogens is 1. The lowest BCUT2D eigenvalue weighted by atomic mass is 9.93. The van der Waals surface area contributed by atoms with Crippen LogP contribution in [0.4, 0.5) is 10.1 Å². The number of benzene rings is 1. The molecule has 2 atom stereocenters. The standard InChI is InChI=1S/C18H20FN5O2S/c1-18(11-27(3,26)24(2)17(20)23-18)13-10-12(7-8-14(13)19)22-16(25)15-6-4-5-9-21-15/h4-10H,3,11H2,1-2H3,(H2,20,23)(H,22,25)/t18-,27?/m0/s1. The monoisotopic (exact) mass is 389 g/mol. The van der Waals surface area contributed by atoms with E-state index in [1.165, 1.54) is 35.7 Å². The number of amides is 1. The van der Waals surface area contributed by atoms with Crippen molar-refractivity contribution in [3.8, 4) is 0 Å². The molecule has 0 fully saturated rings. The first-order chi connectivity index (χ1) is 12.6. The van der Waals surface area contributed by atoms with Gasteiger partial charge in [0.15, 0.2) is 0 Å². The molecule has 3 N–H and O–H groups in total. The maximum absolute atomic E-state index is 14.6. The number of aromatic nitrogens is 1. The van der Waals surface area contributed by atoms with E-state index < -0.39 is 27.0 Å². The molecule has 0 radical (unpaired) electrons. The molecule has 1 aliphatic rings. The molecule has 1 unspecified atom stereocenters. The van der Waals surface area contributed by atoms with Crippen LogP contribution in [0.3, 0.4) is 0 Å². The number of nitrogens with one attached hydrogen (secondary N) is 1. The van der Waals surface area contributed by atoms with E-state index in [4.69, 9.17) is 5.73 Å². The number of guanidine groups is 1. The molecule has 142 valence electrons. The fourth-order valence-corrected chi connectivity index (χ4v) is 4.58. The molecule has 2 aromatic rings. The molecule has 1 aromatic carbocycles. The van der Waals surface area contributed by atoms with Crippen molar-refractivity contribution >= 4 is 33.1 Å². The van der Waals surface area contributed by atoms with Gasteiger partial charge < -0.3 is 11.1 Å². The van der Waals surface area contributed by atoms with Gasteiger partial charge in [0.1, 0.15) is 17.1 Å². The van der Waals surface area contributed by atoms with Crippen LogP contribution in [0, 0.1) is 5.82 Å². The second kappa shape index (κ2) is 6.66. The van der Waals surface area contributed by atoms with E-state index in [0.717, 1.165) is 0 Å². The molecule has 27 heavy (non-hydrogen) atoms. The number of aliphatic imine (C=N–C) groups is 1. The van der Waals surface area contributed by atoms with Crippen LogP contribution in [-0.2, 0) is 15.2 Å². The minimum atomic E-state index is -2.75. The average molecular weight is 389 g/mol. The van der Waals surface area contributed by atoms with Crippen LogP contribution in [-0.4, -0.2) is 44.0 Å². The Morgan fingerprint density at radius 3 is 2.78 bits per heavy atom. The molecule has 7 nitrogen and oxygen atoms in total. The molecule has 2 heterocycles. The van der Waals surface area contributed by atoms with Crippen molar-refractivity contribution in [1.82, 2.24) is 9.29 Å². The van der Waals surface area contributed by atoms with Gasteiger partial charge in [-0.05, 0) is 43.1 Å².